The minimum absolute atomic E-state index is 0.163. The highest BCUT2D eigenvalue weighted by molar-refractivity contribution is 6.30. The number of nitrogens with one attached hydrogen (secondary N) is 2. The van der Waals surface area contributed by atoms with E-state index in [1.54, 1.807) is 23.9 Å². The number of hydrogen-bond acceptors (Lipinski definition) is 6. The molecule has 4 N–H and O–H groups in total. The number of aryl methyl sites for hydroxylation is 2. The Hall–Kier alpha value is -3.47. The average molecular weight is 555 g/mol. The second-order valence-corrected chi connectivity index (χ2v) is 11.0. The van der Waals surface area contributed by atoms with Gasteiger partial charge >= 0.3 is 6.03 Å². The van der Waals surface area contributed by atoms with Crippen LogP contribution in [-0.4, -0.2) is 58.5 Å². The third-order valence-electron chi connectivity index (χ3n) is 6.85. The number of nitrogens with two attached hydrogens (primary N) is 1. The summed E-state index contributed by atoms with van der Waals surface area (Å²) in [6.07, 6.45) is 1.15. The number of nitrogens with zero attached hydrogens (tertiary/aromatic N) is 3. The molecule has 4 rings (SSSR count). The quantitative estimate of drug-likeness (QED) is 0.373. The highest BCUT2D eigenvalue weighted by Crippen LogP contribution is 2.24. The number of morpholine rings is 1. The van der Waals surface area contributed by atoms with Gasteiger partial charge in [0.25, 0.3) is 5.91 Å². The van der Waals surface area contributed by atoms with Crippen LogP contribution in [0.1, 0.15) is 47.4 Å². The summed E-state index contributed by atoms with van der Waals surface area (Å²) in [5, 5.41) is 11.0. The minimum atomic E-state index is -0.589. The van der Waals surface area contributed by atoms with E-state index >= 15 is 0 Å². The normalized spacial score (nSPS) is 14.4. The number of primary amides is 1. The summed E-state index contributed by atoms with van der Waals surface area (Å²) < 4.78 is 7.07. The van der Waals surface area contributed by atoms with Gasteiger partial charge in [0.1, 0.15) is 0 Å². The fourth-order valence-electron chi connectivity index (χ4n) is 4.85. The van der Waals surface area contributed by atoms with Gasteiger partial charge in [0.15, 0.2) is 5.69 Å². The number of carbonyl (C=O) groups excluding carboxylic acids is 2. The predicted octanol–water partition coefficient (Wildman–Crippen LogP) is 2.73. The Morgan fingerprint density at radius 1 is 1.13 bits per heavy atom. The van der Waals surface area contributed by atoms with E-state index in [4.69, 9.17) is 22.1 Å². The highest BCUT2D eigenvalue weighted by Gasteiger charge is 2.23. The van der Waals surface area contributed by atoms with Gasteiger partial charge in [-0.15, -0.1) is 0 Å². The molecule has 0 atom stereocenters. The summed E-state index contributed by atoms with van der Waals surface area (Å²) in [6.45, 7) is 7.62. The molecule has 11 heteroatoms. The molecule has 1 aliphatic heterocycles. The monoisotopic (exact) mass is 554 g/mol. The topological polar surface area (TPSA) is 132 Å². The maximum absolute atomic E-state index is 13.7. The zero-order chi connectivity index (χ0) is 28.2. The summed E-state index contributed by atoms with van der Waals surface area (Å²) in [4.78, 5) is 40.5. The molecule has 0 saturated carbocycles. The maximum Gasteiger partial charge on any atom is 0.312 e. The lowest BCUT2D eigenvalue weighted by molar-refractivity contribution is 0.0342. The Morgan fingerprint density at radius 2 is 1.82 bits per heavy atom. The molecular formula is C28H35ClN6O4. The van der Waals surface area contributed by atoms with Crippen LogP contribution in [0.15, 0.2) is 41.2 Å². The van der Waals surface area contributed by atoms with Crippen LogP contribution in [0, 0.1) is 0 Å². The molecule has 2 heterocycles. The number of amides is 3. The molecule has 3 aromatic rings. The van der Waals surface area contributed by atoms with E-state index in [0.29, 0.717) is 48.5 Å². The van der Waals surface area contributed by atoms with Gasteiger partial charge in [0, 0.05) is 43.8 Å². The summed E-state index contributed by atoms with van der Waals surface area (Å²) in [7, 11) is 1.73. The summed E-state index contributed by atoms with van der Waals surface area (Å²) in [5.41, 5.74) is 7.62. The number of urea groups is 1. The van der Waals surface area contributed by atoms with Gasteiger partial charge in [-0.25, -0.2) is 4.79 Å². The first-order chi connectivity index (χ1) is 18.5. The van der Waals surface area contributed by atoms with Gasteiger partial charge in [-0.2, -0.15) is 5.10 Å². The van der Waals surface area contributed by atoms with Crippen LogP contribution in [0.5, 0.6) is 0 Å². The minimum Gasteiger partial charge on any atom is -0.379 e. The Morgan fingerprint density at radius 3 is 2.49 bits per heavy atom. The van der Waals surface area contributed by atoms with Gasteiger partial charge < -0.3 is 21.1 Å². The number of hydrogen-bond donors (Lipinski definition) is 3. The van der Waals surface area contributed by atoms with Crippen molar-refractivity contribution in [3.8, 4) is 0 Å². The van der Waals surface area contributed by atoms with Crippen molar-refractivity contribution in [3.05, 3.63) is 74.0 Å². The van der Waals surface area contributed by atoms with Gasteiger partial charge in [-0.05, 0) is 61.6 Å². The zero-order valence-corrected chi connectivity index (χ0v) is 23.3. The lowest BCUT2D eigenvalue weighted by atomic mass is 9.93. The van der Waals surface area contributed by atoms with Crippen LogP contribution >= 0.6 is 11.6 Å². The van der Waals surface area contributed by atoms with Crippen LogP contribution in [0.2, 0.25) is 5.02 Å². The highest BCUT2D eigenvalue weighted by atomic mass is 35.5. The largest absolute Gasteiger partial charge is 0.379 e. The van der Waals surface area contributed by atoms with Gasteiger partial charge in [-0.3, -0.25) is 19.2 Å². The van der Waals surface area contributed by atoms with Crippen molar-refractivity contribution in [1.82, 2.24) is 25.3 Å². The summed E-state index contributed by atoms with van der Waals surface area (Å²) in [5.74, 6) is -0.542. The molecule has 2 aromatic carbocycles. The SMILES string of the molecule is Cn1nc(C(=O)NCc2ccc(Cl)cc2)c(=O)c2cc(CN3CCOCC3)cc(CCC(C)(C)NC(N)=O)c21. The molecular weight excluding hydrogens is 520 g/mol. The van der Waals surface area contributed by atoms with Crippen LogP contribution in [0.4, 0.5) is 4.79 Å². The first-order valence-corrected chi connectivity index (χ1v) is 13.3. The number of rotatable bonds is 9. The smallest absolute Gasteiger partial charge is 0.312 e. The number of ether oxygens (including phenoxy) is 1. The Balaban J connectivity index is 1.69. The van der Waals surface area contributed by atoms with E-state index in [0.717, 1.165) is 29.8 Å². The van der Waals surface area contributed by atoms with Gasteiger partial charge in [0.2, 0.25) is 5.43 Å². The van der Waals surface area contributed by atoms with E-state index in [2.05, 4.69) is 26.7 Å². The summed E-state index contributed by atoms with van der Waals surface area (Å²) >= 11 is 5.95. The van der Waals surface area contributed by atoms with E-state index in [1.165, 1.54) is 0 Å². The van der Waals surface area contributed by atoms with Crippen LogP contribution in [-0.2, 0) is 31.3 Å². The van der Waals surface area contributed by atoms with Crippen LogP contribution in [0.3, 0.4) is 0 Å². The van der Waals surface area contributed by atoms with Crippen molar-refractivity contribution < 1.29 is 14.3 Å². The van der Waals surface area contributed by atoms with E-state index in [-0.39, 0.29) is 12.2 Å². The van der Waals surface area contributed by atoms with E-state index in [9.17, 15) is 14.4 Å². The van der Waals surface area contributed by atoms with Crippen molar-refractivity contribution in [2.75, 3.05) is 26.3 Å². The Bertz CT molecular complexity index is 1410. The van der Waals surface area contributed by atoms with Crippen molar-refractivity contribution in [1.29, 1.82) is 0 Å². The molecule has 10 nitrogen and oxygen atoms in total. The van der Waals surface area contributed by atoms with Gasteiger partial charge in [-0.1, -0.05) is 29.8 Å². The van der Waals surface area contributed by atoms with Crippen LogP contribution in [0.25, 0.3) is 10.9 Å². The Kier molecular flexibility index (Phi) is 8.89. The molecule has 0 aliphatic carbocycles. The first-order valence-electron chi connectivity index (χ1n) is 13.0. The predicted molar refractivity (Wildman–Crippen MR) is 151 cm³/mol. The first kappa shape index (κ1) is 28.5. The van der Waals surface area contributed by atoms with Crippen molar-refractivity contribution in [2.45, 2.75) is 45.3 Å². The molecule has 0 spiro atoms. The molecule has 3 amide bonds. The molecule has 208 valence electrons. The average Bonchev–Trinajstić information content (AvgIpc) is 2.88. The van der Waals surface area contributed by atoms with Crippen molar-refractivity contribution >= 4 is 34.4 Å². The zero-order valence-electron chi connectivity index (χ0n) is 22.6. The third-order valence-corrected chi connectivity index (χ3v) is 7.11. The van der Waals surface area contributed by atoms with Crippen molar-refractivity contribution in [3.63, 3.8) is 0 Å². The number of benzene rings is 2. The third kappa shape index (κ3) is 7.35. The van der Waals surface area contributed by atoms with Crippen LogP contribution < -0.4 is 21.8 Å². The molecule has 1 aromatic heterocycles. The number of halogens is 1. The van der Waals surface area contributed by atoms with E-state index < -0.39 is 22.9 Å². The lowest BCUT2D eigenvalue weighted by Crippen LogP contribution is -2.46. The number of fused-ring (bicyclic) bond motifs is 1. The molecule has 1 fully saturated rings. The van der Waals surface area contributed by atoms with E-state index in [1.807, 2.05) is 32.0 Å². The molecule has 39 heavy (non-hydrogen) atoms. The number of carbonyl (C=O) groups is 2. The molecule has 0 unspecified atom stereocenters. The molecule has 0 radical (unpaired) electrons. The summed E-state index contributed by atoms with van der Waals surface area (Å²) in [6, 6.07) is 10.5. The fourth-order valence-corrected chi connectivity index (χ4v) is 4.97. The van der Waals surface area contributed by atoms with Crippen molar-refractivity contribution in [2.24, 2.45) is 12.8 Å². The molecule has 1 saturated heterocycles. The maximum atomic E-state index is 13.7. The second kappa shape index (κ2) is 12.1. The second-order valence-electron chi connectivity index (χ2n) is 10.5. The lowest BCUT2D eigenvalue weighted by Gasteiger charge is -2.28. The standard InChI is InChI=1S/C28H35ClN6O4/c1-28(2,32-27(30)38)9-8-20-14-19(17-35-10-12-39-13-11-35)15-22-24(20)34(3)33-23(25(22)36)26(37)31-16-18-4-6-21(29)7-5-18/h4-7,14-15H,8-13,16-17H2,1-3H3,(H,31,37)(H3,30,32,38). The molecule has 0 bridgehead atoms. The Labute approximate surface area is 232 Å². The number of aromatic nitrogens is 2. The fraction of sp³-hybridized carbons (Fsp3) is 0.429. The molecule has 1 aliphatic rings. The van der Waals surface area contributed by atoms with Gasteiger partial charge in [0.05, 0.1) is 24.1 Å².